The molecule has 2 aromatic carbocycles. The van der Waals surface area contributed by atoms with Crippen molar-refractivity contribution in [2.24, 2.45) is 0 Å². The first-order valence-corrected chi connectivity index (χ1v) is 9.91. The van der Waals surface area contributed by atoms with Gasteiger partial charge in [0.05, 0.1) is 5.56 Å². The Balaban J connectivity index is 1.54. The van der Waals surface area contributed by atoms with Crippen molar-refractivity contribution in [3.63, 3.8) is 0 Å². The van der Waals surface area contributed by atoms with Crippen LogP contribution in [0.3, 0.4) is 0 Å². The Hall–Kier alpha value is -3.14. The molecule has 1 aromatic heterocycles. The van der Waals surface area contributed by atoms with Crippen molar-refractivity contribution in [1.82, 2.24) is 10.3 Å². The highest BCUT2D eigenvalue weighted by atomic mass is 16.1. The van der Waals surface area contributed by atoms with Gasteiger partial charge in [-0.15, -0.1) is 0 Å². The molecule has 0 saturated carbocycles. The number of nitrogens with zero attached hydrogens (tertiary/aromatic N) is 2. The molecule has 1 N–H and O–H groups in total. The number of hydrogen-bond acceptors (Lipinski definition) is 3. The second-order valence-electron chi connectivity index (χ2n) is 7.15. The minimum Gasteiger partial charge on any atom is -0.356 e. The number of benzene rings is 2. The first-order chi connectivity index (χ1) is 13.8. The first kappa shape index (κ1) is 18.2. The summed E-state index contributed by atoms with van der Waals surface area (Å²) in [7, 11) is 0. The third-order valence-corrected chi connectivity index (χ3v) is 5.31. The van der Waals surface area contributed by atoms with Gasteiger partial charge in [0.2, 0.25) is 0 Å². The fourth-order valence-electron chi connectivity index (χ4n) is 3.84. The summed E-state index contributed by atoms with van der Waals surface area (Å²) in [6, 6.07) is 24.4. The molecule has 4 rings (SSSR count). The Labute approximate surface area is 166 Å². The van der Waals surface area contributed by atoms with Crippen molar-refractivity contribution >= 4 is 11.7 Å². The summed E-state index contributed by atoms with van der Waals surface area (Å²) in [4.78, 5) is 19.7. The number of carbonyl (C=O) groups excluding carboxylic acids is 1. The number of nitrogens with one attached hydrogen (secondary N) is 1. The van der Waals surface area contributed by atoms with Gasteiger partial charge >= 0.3 is 0 Å². The summed E-state index contributed by atoms with van der Waals surface area (Å²) in [5, 5.41) is 3.15. The van der Waals surface area contributed by atoms with Crippen molar-refractivity contribution in [1.29, 1.82) is 0 Å². The van der Waals surface area contributed by atoms with E-state index < -0.39 is 0 Å². The maximum atomic E-state index is 13.0. The number of rotatable bonds is 6. The molecule has 1 aliphatic heterocycles. The van der Waals surface area contributed by atoms with E-state index in [1.54, 1.807) is 6.20 Å². The third kappa shape index (κ3) is 4.06. The highest BCUT2D eigenvalue weighted by molar-refractivity contribution is 5.99. The number of pyridine rings is 1. The Morgan fingerprint density at radius 3 is 2.11 bits per heavy atom. The van der Waals surface area contributed by atoms with Crippen molar-refractivity contribution in [3.8, 4) is 0 Å². The molecule has 142 valence electrons. The van der Waals surface area contributed by atoms with Gasteiger partial charge in [0, 0.05) is 31.7 Å². The van der Waals surface area contributed by atoms with Gasteiger partial charge < -0.3 is 10.2 Å². The zero-order chi connectivity index (χ0) is 19.2. The van der Waals surface area contributed by atoms with E-state index in [1.165, 1.54) is 11.1 Å². The zero-order valence-electron chi connectivity index (χ0n) is 15.9. The van der Waals surface area contributed by atoms with E-state index in [1.807, 2.05) is 48.5 Å². The summed E-state index contributed by atoms with van der Waals surface area (Å²) >= 11 is 0. The predicted molar refractivity (Wildman–Crippen MR) is 113 cm³/mol. The number of aromatic nitrogens is 1. The van der Waals surface area contributed by atoms with Gasteiger partial charge in [0.15, 0.2) is 0 Å². The fraction of sp³-hybridized carbons (Fsp3) is 0.250. The molecule has 0 radical (unpaired) electrons. The van der Waals surface area contributed by atoms with Crippen LogP contribution < -0.4 is 10.2 Å². The van der Waals surface area contributed by atoms with Gasteiger partial charge in [0.25, 0.3) is 5.91 Å². The van der Waals surface area contributed by atoms with E-state index >= 15 is 0 Å². The quantitative estimate of drug-likeness (QED) is 0.705. The second-order valence-corrected chi connectivity index (χ2v) is 7.15. The van der Waals surface area contributed by atoms with Crippen LogP contribution in [0.4, 0.5) is 5.82 Å². The van der Waals surface area contributed by atoms with Gasteiger partial charge in [-0.2, -0.15) is 0 Å². The Morgan fingerprint density at radius 1 is 0.893 bits per heavy atom. The van der Waals surface area contributed by atoms with Crippen molar-refractivity contribution < 1.29 is 4.79 Å². The molecule has 0 atom stereocenters. The zero-order valence-corrected chi connectivity index (χ0v) is 15.9. The second kappa shape index (κ2) is 8.70. The molecule has 0 spiro atoms. The summed E-state index contributed by atoms with van der Waals surface area (Å²) in [6.45, 7) is 2.48. The molecule has 4 nitrogen and oxygen atoms in total. The van der Waals surface area contributed by atoms with Gasteiger partial charge in [-0.1, -0.05) is 60.7 Å². The van der Waals surface area contributed by atoms with Crippen molar-refractivity contribution in [2.45, 2.75) is 18.8 Å². The van der Waals surface area contributed by atoms with Crippen LogP contribution in [0.1, 0.15) is 40.2 Å². The highest BCUT2D eigenvalue weighted by Crippen LogP contribution is 2.25. The maximum absolute atomic E-state index is 13.0. The summed E-state index contributed by atoms with van der Waals surface area (Å²) in [5.41, 5.74) is 3.05. The molecule has 1 amide bonds. The van der Waals surface area contributed by atoms with Crippen LogP contribution in [0, 0.1) is 0 Å². The van der Waals surface area contributed by atoms with E-state index in [9.17, 15) is 4.79 Å². The Bertz CT molecular complexity index is 866. The van der Waals surface area contributed by atoms with E-state index in [4.69, 9.17) is 0 Å². The van der Waals surface area contributed by atoms with Crippen LogP contribution in [0.25, 0.3) is 0 Å². The highest BCUT2D eigenvalue weighted by Gasteiger charge is 2.22. The molecule has 1 saturated heterocycles. The smallest absolute Gasteiger partial charge is 0.255 e. The topological polar surface area (TPSA) is 45.2 Å². The Kier molecular flexibility index (Phi) is 5.66. The molecule has 0 bridgehead atoms. The predicted octanol–water partition coefficient (Wildman–Crippen LogP) is 4.24. The van der Waals surface area contributed by atoms with Gasteiger partial charge in [-0.25, -0.2) is 4.98 Å². The summed E-state index contributed by atoms with van der Waals surface area (Å²) in [5.74, 6) is 0.846. The van der Waals surface area contributed by atoms with Crippen LogP contribution in [0.2, 0.25) is 0 Å². The van der Waals surface area contributed by atoms with Crippen molar-refractivity contribution in [3.05, 3.63) is 95.7 Å². The van der Waals surface area contributed by atoms with E-state index in [0.29, 0.717) is 12.1 Å². The van der Waals surface area contributed by atoms with Crippen molar-refractivity contribution in [2.75, 3.05) is 24.5 Å². The van der Waals surface area contributed by atoms with Crippen LogP contribution in [-0.4, -0.2) is 30.5 Å². The van der Waals surface area contributed by atoms with Crippen LogP contribution in [0.5, 0.6) is 0 Å². The molecule has 2 heterocycles. The molecule has 0 unspecified atom stereocenters. The van der Waals surface area contributed by atoms with Gasteiger partial charge in [-0.3, -0.25) is 4.79 Å². The van der Waals surface area contributed by atoms with Gasteiger partial charge in [0.1, 0.15) is 5.82 Å². The van der Waals surface area contributed by atoms with Crippen LogP contribution >= 0.6 is 0 Å². The lowest BCUT2D eigenvalue weighted by Crippen LogP contribution is -2.31. The van der Waals surface area contributed by atoms with E-state index in [0.717, 1.165) is 31.7 Å². The molecule has 3 aromatic rings. The lowest BCUT2D eigenvalue weighted by Gasteiger charge is -2.21. The first-order valence-electron chi connectivity index (χ1n) is 9.91. The summed E-state index contributed by atoms with van der Waals surface area (Å²) < 4.78 is 0. The largest absolute Gasteiger partial charge is 0.356 e. The Morgan fingerprint density at radius 2 is 1.50 bits per heavy atom. The van der Waals surface area contributed by atoms with E-state index in [-0.39, 0.29) is 11.8 Å². The molecular formula is C24H25N3O. The third-order valence-electron chi connectivity index (χ3n) is 5.31. The molecule has 28 heavy (non-hydrogen) atoms. The number of anilines is 1. The number of hydrogen-bond donors (Lipinski definition) is 1. The molecular weight excluding hydrogens is 346 g/mol. The normalized spacial score (nSPS) is 13.7. The minimum absolute atomic E-state index is 0.0631. The standard InChI is InChI=1S/C24H25N3O/c28-24(21-14-9-15-25-23(21)27-16-7-8-17-27)26-18-22(19-10-3-1-4-11-19)20-12-5-2-6-13-20/h1-6,9-15,22H,7-8,16-18H2,(H,26,28). The average molecular weight is 371 g/mol. The monoisotopic (exact) mass is 371 g/mol. The lowest BCUT2D eigenvalue weighted by molar-refractivity contribution is 0.0952. The fourth-order valence-corrected chi connectivity index (χ4v) is 3.84. The molecule has 1 aliphatic rings. The maximum Gasteiger partial charge on any atom is 0.255 e. The number of amides is 1. The lowest BCUT2D eigenvalue weighted by atomic mass is 9.91. The minimum atomic E-state index is -0.0631. The molecule has 4 heteroatoms. The van der Waals surface area contributed by atoms with E-state index in [2.05, 4.69) is 39.5 Å². The average Bonchev–Trinajstić information content (AvgIpc) is 3.30. The number of carbonyl (C=O) groups is 1. The molecule has 1 fully saturated rings. The summed E-state index contributed by atoms with van der Waals surface area (Å²) in [6.07, 6.45) is 4.07. The van der Waals surface area contributed by atoms with Crippen LogP contribution in [-0.2, 0) is 0 Å². The van der Waals surface area contributed by atoms with Crippen LogP contribution in [0.15, 0.2) is 79.0 Å². The molecule has 0 aliphatic carbocycles. The van der Waals surface area contributed by atoms with Gasteiger partial charge in [-0.05, 0) is 36.1 Å². The SMILES string of the molecule is O=C(NCC(c1ccccc1)c1ccccc1)c1cccnc1N1CCCC1.